The summed E-state index contributed by atoms with van der Waals surface area (Å²) in [5.74, 6) is 0.564. The summed E-state index contributed by atoms with van der Waals surface area (Å²) in [7, 11) is 1.52. The summed E-state index contributed by atoms with van der Waals surface area (Å²) in [5, 5.41) is 3.20. The lowest BCUT2D eigenvalue weighted by Crippen LogP contribution is -2.12. The lowest BCUT2D eigenvalue weighted by molar-refractivity contribution is 0.102. The summed E-state index contributed by atoms with van der Waals surface area (Å²) < 4.78 is 11.3. The van der Waals surface area contributed by atoms with Crippen LogP contribution in [0.1, 0.15) is 34.0 Å². The maximum atomic E-state index is 12.6. The molecule has 0 heterocycles. The number of nitrogens with one attached hydrogen (secondary N) is 1. The average Bonchev–Trinajstić information content (AvgIpc) is 2.74. The molecule has 29 heavy (non-hydrogen) atoms. The number of carbonyl (C=O) groups excluding carboxylic acids is 1. The molecule has 1 N–H and O–H groups in total. The first-order valence-corrected chi connectivity index (χ1v) is 9.84. The summed E-state index contributed by atoms with van der Waals surface area (Å²) in [5.41, 5.74) is 4.54. The zero-order valence-corrected chi connectivity index (χ0v) is 17.5. The highest BCUT2D eigenvalue weighted by molar-refractivity contribution is 6.32. The number of amides is 1. The van der Waals surface area contributed by atoms with Crippen LogP contribution in [0.4, 0.5) is 5.69 Å². The fourth-order valence-electron chi connectivity index (χ4n) is 2.86. The van der Waals surface area contributed by atoms with Gasteiger partial charge in [0.1, 0.15) is 6.61 Å². The molecule has 4 nitrogen and oxygen atoms in total. The number of hydrogen-bond acceptors (Lipinski definition) is 3. The van der Waals surface area contributed by atoms with Crippen molar-refractivity contribution in [2.75, 3.05) is 12.4 Å². The molecule has 0 bridgehead atoms. The van der Waals surface area contributed by atoms with Gasteiger partial charge in [0.15, 0.2) is 11.5 Å². The first-order valence-electron chi connectivity index (χ1n) is 9.46. The lowest BCUT2D eigenvalue weighted by Gasteiger charge is -2.14. The van der Waals surface area contributed by atoms with Crippen LogP contribution < -0.4 is 14.8 Å². The van der Waals surface area contributed by atoms with Gasteiger partial charge >= 0.3 is 0 Å². The van der Waals surface area contributed by atoms with Crippen molar-refractivity contribution in [2.24, 2.45) is 0 Å². The highest BCUT2D eigenvalue weighted by Gasteiger charge is 2.16. The first-order chi connectivity index (χ1) is 14.0. The molecule has 5 heteroatoms. The lowest BCUT2D eigenvalue weighted by atomic mass is 10.1. The number of carbonyl (C=O) groups is 1. The minimum atomic E-state index is -0.264. The monoisotopic (exact) mass is 409 g/mol. The van der Waals surface area contributed by atoms with Crippen LogP contribution in [0.3, 0.4) is 0 Å². The van der Waals surface area contributed by atoms with Crippen molar-refractivity contribution in [1.29, 1.82) is 0 Å². The molecule has 0 aliphatic heterocycles. The van der Waals surface area contributed by atoms with Gasteiger partial charge in [-0.3, -0.25) is 4.79 Å². The Balaban J connectivity index is 1.75. The number of ether oxygens (including phenoxy) is 2. The van der Waals surface area contributed by atoms with Gasteiger partial charge in [-0.05, 0) is 48.7 Å². The van der Waals surface area contributed by atoms with Crippen LogP contribution >= 0.6 is 11.6 Å². The molecule has 0 spiro atoms. The van der Waals surface area contributed by atoms with Crippen LogP contribution in [0.25, 0.3) is 0 Å². The van der Waals surface area contributed by atoms with Gasteiger partial charge in [0.05, 0.1) is 12.1 Å². The van der Waals surface area contributed by atoms with E-state index in [1.807, 2.05) is 55.5 Å². The largest absolute Gasteiger partial charge is 0.493 e. The van der Waals surface area contributed by atoms with Crippen molar-refractivity contribution in [3.63, 3.8) is 0 Å². The molecule has 0 unspecified atom stereocenters. The molecule has 0 radical (unpaired) electrons. The molecule has 0 atom stereocenters. The molecular formula is C24H24ClNO3. The molecule has 0 fully saturated rings. The Morgan fingerprint density at radius 2 is 1.66 bits per heavy atom. The highest BCUT2D eigenvalue weighted by atomic mass is 35.5. The van der Waals surface area contributed by atoms with Gasteiger partial charge in [-0.15, -0.1) is 0 Å². The molecule has 0 aromatic heterocycles. The fraction of sp³-hybridized carbons (Fsp3) is 0.208. The summed E-state index contributed by atoms with van der Waals surface area (Å²) in [6.45, 7) is 4.47. The maximum absolute atomic E-state index is 12.6. The predicted octanol–water partition coefficient (Wildman–Crippen LogP) is 6.05. The summed E-state index contributed by atoms with van der Waals surface area (Å²) in [6.07, 6.45) is 0.949. The third-order valence-electron chi connectivity index (χ3n) is 4.62. The number of halogens is 1. The number of benzene rings is 3. The Kier molecular flexibility index (Phi) is 6.78. The molecule has 3 aromatic carbocycles. The molecule has 3 aromatic rings. The van der Waals surface area contributed by atoms with Crippen LogP contribution in [0.5, 0.6) is 11.5 Å². The van der Waals surface area contributed by atoms with Gasteiger partial charge in [-0.2, -0.15) is 0 Å². The quantitative estimate of drug-likeness (QED) is 0.516. The Labute approximate surface area is 176 Å². The standard InChI is InChI=1S/C24H24ClNO3/c1-4-17-9-11-20(12-10-17)26-24(27)19-13-21(25)23(22(14-19)28-3)29-15-18-7-5-16(2)6-8-18/h5-14H,4,15H2,1-3H3,(H,26,27). The minimum Gasteiger partial charge on any atom is -0.493 e. The van der Waals surface area contributed by atoms with Crippen LogP contribution in [0, 0.1) is 6.92 Å². The van der Waals surface area contributed by atoms with E-state index in [0.717, 1.165) is 17.7 Å². The van der Waals surface area contributed by atoms with Gasteiger partial charge in [0, 0.05) is 11.3 Å². The molecule has 150 valence electrons. The number of aryl methyl sites for hydroxylation is 2. The van der Waals surface area contributed by atoms with Gasteiger partial charge in [0.25, 0.3) is 5.91 Å². The van der Waals surface area contributed by atoms with Crippen molar-refractivity contribution >= 4 is 23.2 Å². The Morgan fingerprint density at radius 1 is 1.00 bits per heavy atom. The van der Waals surface area contributed by atoms with Gasteiger partial charge in [-0.25, -0.2) is 0 Å². The molecule has 1 amide bonds. The van der Waals surface area contributed by atoms with E-state index < -0.39 is 0 Å². The molecule has 0 saturated heterocycles. The first kappa shape index (κ1) is 20.7. The van der Waals surface area contributed by atoms with Gasteiger partial charge in [0.2, 0.25) is 0 Å². The van der Waals surface area contributed by atoms with Crippen molar-refractivity contribution < 1.29 is 14.3 Å². The Bertz CT molecular complexity index is 982. The third-order valence-corrected chi connectivity index (χ3v) is 4.90. The third kappa shape index (κ3) is 5.30. The highest BCUT2D eigenvalue weighted by Crippen LogP contribution is 2.37. The van der Waals surface area contributed by atoms with Crippen LogP contribution in [0.15, 0.2) is 60.7 Å². The second-order valence-electron chi connectivity index (χ2n) is 6.77. The van der Waals surface area contributed by atoms with E-state index in [1.54, 1.807) is 12.1 Å². The molecular weight excluding hydrogens is 386 g/mol. The smallest absolute Gasteiger partial charge is 0.255 e. The van der Waals surface area contributed by atoms with Crippen LogP contribution in [0.2, 0.25) is 5.02 Å². The van der Waals surface area contributed by atoms with Crippen LogP contribution in [-0.4, -0.2) is 13.0 Å². The van der Waals surface area contributed by atoms with Crippen molar-refractivity contribution in [3.05, 3.63) is 87.9 Å². The second kappa shape index (κ2) is 9.48. The summed E-state index contributed by atoms with van der Waals surface area (Å²) in [6, 6.07) is 19.0. The van der Waals surface area contributed by atoms with Gasteiger partial charge in [-0.1, -0.05) is 60.5 Å². The fourth-order valence-corrected chi connectivity index (χ4v) is 3.12. The molecule has 0 aliphatic carbocycles. The SMILES string of the molecule is CCc1ccc(NC(=O)c2cc(Cl)c(OCc3ccc(C)cc3)c(OC)c2)cc1. The second-order valence-corrected chi connectivity index (χ2v) is 7.18. The minimum absolute atomic E-state index is 0.264. The Hall–Kier alpha value is -2.98. The van der Waals surface area contributed by atoms with E-state index in [1.165, 1.54) is 18.2 Å². The van der Waals surface area contributed by atoms with E-state index >= 15 is 0 Å². The maximum Gasteiger partial charge on any atom is 0.255 e. The summed E-state index contributed by atoms with van der Waals surface area (Å²) >= 11 is 6.41. The molecule has 3 rings (SSSR count). The predicted molar refractivity (Wildman–Crippen MR) is 117 cm³/mol. The van der Waals surface area contributed by atoms with E-state index in [-0.39, 0.29) is 5.91 Å². The van der Waals surface area contributed by atoms with Crippen LogP contribution in [-0.2, 0) is 13.0 Å². The topological polar surface area (TPSA) is 47.6 Å². The van der Waals surface area contributed by atoms with E-state index in [0.29, 0.717) is 28.7 Å². The van der Waals surface area contributed by atoms with E-state index in [2.05, 4.69) is 12.2 Å². The number of methoxy groups -OCH3 is 1. The average molecular weight is 410 g/mol. The Morgan fingerprint density at radius 3 is 2.28 bits per heavy atom. The van der Waals surface area contributed by atoms with E-state index in [4.69, 9.17) is 21.1 Å². The summed E-state index contributed by atoms with van der Waals surface area (Å²) in [4.78, 5) is 12.6. The number of anilines is 1. The van der Waals surface area contributed by atoms with Crippen molar-refractivity contribution in [1.82, 2.24) is 0 Å². The molecule has 0 saturated carbocycles. The zero-order valence-electron chi connectivity index (χ0n) is 16.8. The number of rotatable bonds is 7. The van der Waals surface area contributed by atoms with Crippen molar-refractivity contribution in [2.45, 2.75) is 26.9 Å². The van der Waals surface area contributed by atoms with E-state index in [9.17, 15) is 4.79 Å². The number of hydrogen-bond donors (Lipinski definition) is 1. The van der Waals surface area contributed by atoms with Gasteiger partial charge < -0.3 is 14.8 Å². The zero-order chi connectivity index (χ0) is 20.8. The normalized spacial score (nSPS) is 10.5. The molecule has 0 aliphatic rings. The van der Waals surface area contributed by atoms with Crippen molar-refractivity contribution in [3.8, 4) is 11.5 Å².